The van der Waals surface area contributed by atoms with Crippen LogP contribution < -0.4 is 5.32 Å². The van der Waals surface area contributed by atoms with Gasteiger partial charge in [-0.25, -0.2) is 0 Å². The number of halogens is 1. The van der Waals surface area contributed by atoms with Crippen LogP contribution in [0.3, 0.4) is 0 Å². The van der Waals surface area contributed by atoms with Crippen LogP contribution in [0.15, 0.2) is 59.1 Å². The maximum atomic E-state index is 13.8. The number of hydrogen-bond acceptors (Lipinski definition) is 2. The third-order valence-corrected chi connectivity index (χ3v) is 7.49. The molecule has 0 saturated heterocycles. The van der Waals surface area contributed by atoms with Crippen LogP contribution in [0, 0.1) is 0 Å². The van der Waals surface area contributed by atoms with Crippen molar-refractivity contribution in [3.05, 3.63) is 70.3 Å². The molecule has 0 bridgehead atoms. The number of fused-ring (bicyclic) bond motifs is 3. The molecule has 5 nitrogen and oxygen atoms in total. The van der Waals surface area contributed by atoms with E-state index in [0.29, 0.717) is 18.8 Å². The highest BCUT2D eigenvalue weighted by molar-refractivity contribution is 9.10. The van der Waals surface area contributed by atoms with Crippen LogP contribution in [0.1, 0.15) is 55.1 Å². The predicted molar refractivity (Wildman–Crippen MR) is 129 cm³/mol. The van der Waals surface area contributed by atoms with Crippen LogP contribution in [-0.2, 0) is 17.9 Å². The highest BCUT2D eigenvalue weighted by Crippen LogP contribution is 2.34. The quantitative estimate of drug-likeness (QED) is 0.538. The summed E-state index contributed by atoms with van der Waals surface area (Å²) in [5.41, 5.74) is 1.65. The fourth-order valence-corrected chi connectivity index (χ4v) is 5.61. The van der Waals surface area contributed by atoms with E-state index in [-0.39, 0.29) is 17.9 Å². The van der Waals surface area contributed by atoms with Crippen molar-refractivity contribution < 1.29 is 9.59 Å². The summed E-state index contributed by atoms with van der Waals surface area (Å²) in [7, 11) is 0. The van der Waals surface area contributed by atoms with Crippen LogP contribution in [0.5, 0.6) is 0 Å². The van der Waals surface area contributed by atoms with Crippen LogP contribution in [0.4, 0.5) is 0 Å². The lowest BCUT2D eigenvalue weighted by atomic mass is 9.91. The van der Waals surface area contributed by atoms with Gasteiger partial charge in [-0.1, -0.05) is 65.5 Å². The van der Waals surface area contributed by atoms with Crippen molar-refractivity contribution in [2.24, 2.45) is 0 Å². The molecule has 1 aromatic heterocycles. The number of benzene rings is 2. The number of hydrogen-bond donors (Lipinski definition) is 1. The molecular weight excluding hydrogens is 466 g/mol. The van der Waals surface area contributed by atoms with Gasteiger partial charge in [0.15, 0.2) is 0 Å². The van der Waals surface area contributed by atoms with E-state index in [4.69, 9.17) is 0 Å². The number of carbonyl (C=O) groups excluding carboxylic acids is 2. The van der Waals surface area contributed by atoms with E-state index in [1.165, 1.54) is 6.42 Å². The third-order valence-electron chi connectivity index (χ3n) is 7.00. The van der Waals surface area contributed by atoms with E-state index < -0.39 is 5.54 Å². The van der Waals surface area contributed by atoms with Gasteiger partial charge in [0, 0.05) is 28.0 Å². The summed E-state index contributed by atoms with van der Waals surface area (Å²) in [5.74, 6) is -0.162. The molecule has 1 aliphatic carbocycles. The molecule has 1 atom stereocenters. The first-order chi connectivity index (χ1) is 15.5. The molecule has 5 rings (SSSR count). The maximum Gasteiger partial charge on any atom is 0.271 e. The summed E-state index contributed by atoms with van der Waals surface area (Å²) in [6.45, 7) is 2.74. The smallest absolute Gasteiger partial charge is 0.271 e. The summed E-state index contributed by atoms with van der Waals surface area (Å²) in [5, 5.41) is 4.32. The highest BCUT2D eigenvalue weighted by Gasteiger charge is 2.48. The normalized spacial score (nSPS) is 21.6. The molecule has 6 heteroatoms. The van der Waals surface area contributed by atoms with Gasteiger partial charge >= 0.3 is 0 Å². The molecule has 2 aromatic carbocycles. The van der Waals surface area contributed by atoms with Gasteiger partial charge in [0.25, 0.3) is 5.91 Å². The Hall–Kier alpha value is -2.60. The SMILES string of the molecule is C[C@@]1(C(=O)NC2CCCCC2)Cn2c(cc3ccccc32)C(=O)N1Cc1cccc(Br)c1. The topological polar surface area (TPSA) is 54.3 Å². The maximum absolute atomic E-state index is 13.8. The van der Waals surface area contributed by atoms with E-state index >= 15 is 0 Å². The zero-order chi connectivity index (χ0) is 22.3. The standard InChI is InChI=1S/C26H28BrN3O2/c1-26(25(32)28-21-11-3-2-4-12-21)17-29-22-13-6-5-9-19(22)15-23(29)24(31)30(26)16-18-8-7-10-20(27)14-18/h5-10,13-15,21H,2-4,11-12,16-17H2,1H3,(H,28,32)/t26-/m0/s1. The molecule has 1 N–H and O–H groups in total. The van der Waals surface area contributed by atoms with Crippen LogP contribution in [-0.4, -0.2) is 32.9 Å². The first-order valence-corrected chi connectivity index (χ1v) is 12.2. The molecule has 0 spiro atoms. The second-order valence-electron chi connectivity index (χ2n) is 9.28. The molecule has 32 heavy (non-hydrogen) atoms. The fraction of sp³-hybridized carbons (Fsp3) is 0.385. The number of rotatable bonds is 4. The molecule has 0 radical (unpaired) electrons. The average Bonchev–Trinajstić information content (AvgIpc) is 3.16. The summed E-state index contributed by atoms with van der Waals surface area (Å²) < 4.78 is 2.98. The Balaban J connectivity index is 1.55. The van der Waals surface area contributed by atoms with Crippen molar-refractivity contribution in [3.8, 4) is 0 Å². The number of nitrogens with zero attached hydrogens (tertiary/aromatic N) is 2. The number of aromatic nitrogens is 1. The van der Waals surface area contributed by atoms with Crippen molar-refractivity contribution in [1.29, 1.82) is 0 Å². The Morgan fingerprint density at radius 3 is 2.66 bits per heavy atom. The third kappa shape index (κ3) is 3.75. The summed E-state index contributed by atoms with van der Waals surface area (Å²) in [6.07, 6.45) is 5.55. The Bertz CT molecular complexity index is 1180. The van der Waals surface area contributed by atoms with Crippen molar-refractivity contribution in [3.63, 3.8) is 0 Å². The number of para-hydroxylation sites is 1. The van der Waals surface area contributed by atoms with E-state index in [1.807, 2.05) is 66.1 Å². The van der Waals surface area contributed by atoms with Gasteiger partial charge in [0.2, 0.25) is 5.91 Å². The van der Waals surface area contributed by atoms with Crippen LogP contribution >= 0.6 is 15.9 Å². The van der Waals surface area contributed by atoms with Crippen molar-refractivity contribution in [2.75, 3.05) is 0 Å². The van der Waals surface area contributed by atoms with E-state index in [2.05, 4.69) is 21.2 Å². The minimum absolute atomic E-state index is 0.0591. The van der Waals surface area contributed by atoms with Gasteiger partial charge < -0.3 is 14.8 Å². The number of carbonyl (C=O) groups is 2. The summed E-state index contributed by atoms with van der Waals surface area (Å²) in [4.78, 5) is 29.3. The molecular formula is C26H28BrN3O2. The average molecular weight is 494 g/mol. The van der Waals surface area contributed by atoms with Crippen molar-refractivity contribution in [2.45, 2.75) is 63.7 Å². The number of nitrogens with one attached hydrogen (secondary N) is 1. The van der Waals surface area contributed by atoms with Crippen molar-refractivity contribution >= 4 is 38.6 Å². The lowest BCUT2D eigenvalue weighted by molar-refractivity contribution is -0.134. The zero-order valence-corrected chi connectivity index (χ0v) is 19.9. The van der Waals surface area contributed by atoms with Gasteiger partial charge in [0.1, 0.15) is 11.2 Å². The lowest BCUT2D eigenvalue weighted by Gasteiger charge is -2.45. The lowest BCUT2D eigenvalue weighted by Crippen LogP contribution is -2.64. The summed E-state index contributed by atoms with van der Waals surface area (Å²) >= 11 is 3.53. The molecule has 3 aromatic rings. The van der Waals surface area contributed by atoms with E-state index in [1.54, 1.807) is 4.90 Å². The Morgan fingerprint density at radius 1 is 1.09 bits per heavy atom. The van der Waals surface area contributed by atoms with Gasteiger partial charge in [-0.3, -0.25) is 9.59 Å². The molecule has 1 fully saturated rings. The van der Waals surface area contributed by atoms with Crippen LogP contribution in [0.25, 0.3) is 10.9 Å². The van der Waals surface area contributed by atoms with Gasteiger partial charge in [0.05, 0.1) is 6.54 Å². The number of amides is 2. The monoisotopic (exact) mass is 493 g/mol. The second-order valence-corrected chi connectivity index (χ2v) is 10.2. The van der Waals surface area contributed by atoms with E-state index in [0.717, 1.165) is 46.6 Å². The van der Waals surface area contributed by atoms with E-state index in [9.17, 15) is 9.59 Å². The van der Waals surface area contributed by atoms with Crippen molar-refractivity contribution in [1.82, 2.24) is 14.8 Å². The van der Waals surface area contributed by atoms with Gasteiger partial charge in [-0.2, -0.15) is 0 Å². The first-order valence-electron chi connectivity index (χ1n) is 11.4. The summed E-state index contributed by atoms with van der Waals surface area (Å²) in [6, 6.07) is 18.1. The largest absolute Gasteiger partial charge is 0.351 e. The van der Waals surface area contributed by atoms with Gasteiger partial charge in [-0.05, 0) is 49.6 Å². The highest BCUT2D eigenvalue weighted by atomic mass is 79.9. The Morgan fingerprint density at radius 2 is 1.88 bits per heavy atom. The van der Waals surface area contributed by atoms with Crippen LogP contribution in [0.2, 0.25) is 0 Å². The predicted octanol–water partition coefficient (Wildman–Crippen LogP) is 5.27. The first kappa shape index (κ1) is 21.3. The molecule has 1 saturated carbocycles. The molecule has 2 amide bonds. The molecule has 2 heterocycles. The zero-order valence-electron chi connectivity index (χ0n) is 18.3. The Labute approximate surface area is 196 Å². The minimum atomic E-state index is -0.981. The second kappa shape index (κ2) is 8.39. The molecule has 1 aliphatic heterocycles. The molecule has 2 aliphatic rings. The molecule has 0 unspecified atom stereocenters. The fourth-order valence-electron chi connectivity index (χ4n) is 5.16. The Kier molecular flexibility index (Phi) is 5.58. The van der Waals surface area contributed by atoms with Gasteiger partial charge in [-0.15, -0.1) is 0 Å². The minimum Gasteiger partial charge on any atom is -0.351 e. The molecule has 166 valence electrons.